The molecule has 0 fully saturated rings. The molecule has 4 aromatic rings. The molecule has 31 heavy (non-hydrogen) atoms. The van der Waals surface area contributed by atoms with Crippen LogP contribution in [0.1, 0.15) is 16.1 Å². The summed E-state index contributed by atoms with van der Waals surface area (Å²) in [4.78, 5) is 21.4. The lowest BCUT2D eigenvalue weighted by atomic mass is 10.2. The van der Waals surface area contributed by atoms with Gasteiger partial charge in [0.25, 0.3) is 5.91 Å². The van der Waals surface area contributed by atoms with E-state index in [0.717, 1.165) is 22.7 Å². The molecular weight excluding hydrogens is 434 g/mol. The SMILES string of the molecule is COc1ccc(-c2csc(NC(=O)c3ccc(OCc4cscn4)c(OC)c3)n2)cc1. The zero-order valence-corrected chi connectivity index (χ0v) is 18.5. The number of thiazole rings is 2. The van der Waals surface area contributed by atoms with E-state index in [-0.39, 0.29) is 5.91 Å². The minimum absolute atomic E-state index is 0.278. The highest BCUT2D eigenvalue weighted by Crippen LogP contribution is 2.30. The van der Waals surface area contributed by atoms with Gasteiger partial charge in [-0.25, -0.2) is 9.97 Å². The van der Waals surface area contributed by atoms with Crippen LogP contribution in [0.5, 0.6) is 17.2 Å². The van der Waals surface area contributed by atoms with E-state index in [0.29, 0.717) is 28.8 Å². The Morgan fingerprint density at radius 1 is 1.03 bits per heavy atom. The number of amides is 1. The largest absolute Gasteiger partial charge is 0.497 e. The molecule has 2 aromatic carbocycles. The average molecular weight is 454 g/mol. The highest BCUT2D eigenvalue weighted by atomic mass is 32.1. The highest BCUT2D eigenvalue weighted by Gasteiger charge is 2.14. The molecule has 0 unspecified atom stereocenters. The van der Waals surface area contributed by atoms with Crippen molar-refractivity contribution in [1.29, 1.82) is 0 Å². The molecule has 0 aliphatic heterocycles. The number of ether oxygens (including phenoxy) is 3. The minimum atomic E-state index is -0.278. The molecule has 0 atom stereocenters. The number of carbonyl (C=O) groups is 1. The van der Waals surface area contributed by atoms with Crippen LogP contribution in [0.3, 0.4) is 0 Å². The highest BCUT2D eigenvalue weighted by molar-refractivity contribution is 7.14. The molecule has 0 spiro atoms. The van der Waals surface area contributed by atoms with Crippen LogP contribution < -0.4 is 19.5 Å². The lowest BCUT2D eigenvalue weighted by Crippen LogP contribution is -2.12. The van der Waals surface area contributed by atoms with Gasteiger partial charge in [-0.15, -0.1) is 22.7 Å². The van der Waals surface area contributed by atoms with Crippen LogP contribution in [-0.2, 0) is 6.61 Å². The van der Waals surface area contributed by atoms with Gasteiger partial charge in [-0.1, -0.05) is 0 Å². The zero-order valence-electron chi connectivity index (χ0n) is 16.8. The molecule has 9 heteroatoms. The Balaban J connectivity index is 1.43. The van der Waals surface area contributed by atoms with Crippen molar-refractivity contribution in [2.75, 3.05) is 19.5 Å². The van der Waals surface area contributed by atoms with Gasteiger partial charge in [-0.2, -0.15) is 0 Å². The summed E-state index contributed by atoms with van der Waals surface area (Å²) in [6, 6.07) is 12.6. The number of aromatic nitrogens is 2. The maximum Gasteiger partial charge on any atom is 0.257 e. The molecule has 0 saturated carbocycles. The summed E-state index contributed by atoms with van der Waals surface area (Å²) in [7, 11) is 3.16. The Morgan fingerprint density at radius 3 is 2.58 bits per heavy atom. The van der Waals surface area contributed by atoms with Crippen molar-refractivity contribution in [1.82, 2.24) is 9.97 Å². The van der Waals surface area contributed by atoms with Gasteiger partial charge < -0.3 is 14.2 Å². The van der Waals surface area contributed by atoms with E-state index >= 15 is 0 Å². The van der Waals surface area contributed by atoms with Crippen molar-refractivity contribution >= 4 is 33.7 Å². The summed E-state index contributed by atoms with van der Waals surface area (Å²) in [5.74, 6) is 1.52. The quantitative estimate of drug-likeness (QED) is 0.399. The van der Waals surface area contributed by atoms with E-state index < -0.39 is 0 Å². The molecule has 2 aromatic heterocycles. The first-order valence-corrected chi connectivity index (χ1v) is 11.1. The zero-order chi connectivity index (χ0) is 21.6. The third-order valence-corrected chi connectivity index (χ3v) is 5.79. The van der Waals surface area contributed by atoms with E-state index in [1.807, 2.05) is 35.0 Å². The maximum absolute atomic E-state index is 12.7. The molecule has 0 bridgehead atoms. The van der Waals surface area contributed by atoms with Gasteiger partial charge in [0, 0.05) is 21.9 Å². The van der Waals surface area contributed by atoms with Crippen LogP contribution in [0.2, 0.25) is 0 Å². The Bertz CT molecular complexity index is 1160. The summed E-state index contributed by atoms with van der Waals surface area (Å²) in [5.41, 5.74) is 4.76. The number of hydrogen-bond acceptors (Lipinski definition) is 8. The van der Waals surface area contributed by atoms with Crippen LogP contribution in [0, 0.1) is 0 Å². The van der Waals surface area contributed by atoms with Crippen molar-refractivity contribution in [2.45, 2.75) is 6.61 Å². The molecule has 1 N–H and O–H groups in total. The number of carbonyl (C=O) groups excluding carboxylic acids is 1. The Hall–Kier alpha value is -3.43. The minimum Gasteiger partial charge on any atom is -0.497 e. The molecule has 4 rings (SSSR count). The number of nitrogens with zero attached hydrogens (tertiary/aromatic N) is 2. The van der Waals surface area contributed by atoms with Crippen molar-refractivity contribution < 1.29 is 19.0 Å². The van der Waals surface area contributed by atoms with Crippen molar-refractivity contribution in [3.8, 4) is 28.5 Å². The topological polar surface area (TPSA) is 82.6 Å². The van der Waals surface area contributed by atoms with E-state index in [2.05, 4.69) is 15.3 Å². The average Bonchev–Trinajstić information content (AvgIpc) is 3.50. The molecular formula is C22H19N3O4S2. The fraction of sp³-hybridized carbons (Fsp3) is 0.136. The van der Waals surface area contributed by atoms with Gasteiger partial charge in [0.2, 0.25) is 0 Å². The summed E-state index contributed by atoms with van der Waals surface area (Å²) in [5, 5.41) is 7.16. The van der Waals surface area contributed by atoms with Gasteiger partial charge in [-0.05, 0) is 42.5 Å². The molecule has 2 heterocycles. The number of anilines is 1. The van der Waals surface area contributed by atoms with Crippen LogP contribution >= 0.6 is 22.7 Å². The van der Waals surface area contributed by atoms with Crippen LogP contribution in [0.4, 0.5) is 5.13 Å². The van der Waals surface area contributed by atoms with Gasteiger partial charge in [0.05, 0.1) is 31.1 Å². The van der Waals surface area contributed by atoms with Crippen molar-refractivity contribution in [3.05, 3.63) is 70.0 Å². The maximum atomic E-state index is 12.7. The Morgan fingerprint density at radius 2 is 1.87 bits per heavy atom. The number of nitrogens with one attached hydrogen (secondary N) is 1. The number of benzene rings is 2. The predicted octanol–water partition coefficient (Wildman–Crippen LogP) is 5.12. The first-order valence-electron chi connectivity index (χ1n) is 9.25. The second-order valence-electron chi connectivity index (χ2n) is 6.35. The molecule has 7 nitrogen and oxygen atoms in total. The summed E-state index contributed by atoms with van der Waals surface area (Å²) in [6.07, 6.45) is 0. The predicted molar refractivity (Wildman–Crippen MR) is 121 cm³/mol. The molecule has 0 saturated heterocycles. The third-order valence-electron chi connectivity index (χ3n) is 4.40. The third kappa shape index (κ3) is 5.01. The van der Waals surface area contributed by atoms with Crippen LogP contribution in [0.25, 0.3) is 11.3 Å². The number of rotatable bonds is 8. The second-order valence-corrected chi connectivity index (χ2v) is 7.93. The normalized spacial score (nSPS) is 10.5. The Labute approximate surface area is 187 Å². The smallest absolute Gasteiger partial charge is 0.257 e. The fourth-order valence-corrected chi connectivity index (χ4v) is 4.04. The van der Waals surface area contributed by atoms with Gasteiger partial charge in [0.1, 0.15) is 12.4 Å². The van der Waals surface area contributed by atoms with E-state index in [1.165, 1.54) is 29.8 Å². The van der Waals surface area contributed by atoms with Gasteiger partial charge in [0.15, 0.2) is 16.6 Å². The molecule has 0 aliphatic carbocycles. The van der Waals surface area contributed by atoms with Gasteiger partial charge in [-0.3, -0.25) is 10.1 Å². The molecule has 0 radical (unpaired) electrons. The summed E-state index contributed by atoms with van der Waals surface area (Å²) < 4.78 is 16.3. The van der Waals surface area contributed by atoms with Crippen molar-refractivity contribution in [2.24, 2.45) is 0 Å². The van der Waals surface area contributed by atoms with Crippen molar-refractivity contribution in [3.63, 3.8) is 0 Å². The van der Waals surface area contributed by atoms with Gasteiger partial charge >= 0.3 is 0 Å². The Kier molecular flexibility index (Phi) is 6.44. The van der Waals surface area contributed by atoms with Crippen LogP contribution in [-0.4, -0.2) is 30.1 Å². The first-order chi connectivity index (χ1) is 15.2. The van der Waals surface area contributed by atoms with E-state index in [1.54, 1.807) is 30.8 Å². The number of hydrogen-bond donors (Lipinski definition) is 1. The lowest BCUT2D eigenvalue weighted by Gasteiger charge is -2.11. The number of methoxy groups -OCH3 is 2. The summed E-state index contributed by atoms with van der Waals surface area (Å²) in [6.45, 7) is 0.332. The first kappa shape index (κ1) is 20.8. The van der Waals surface area contributed by atoms with E-state index in [9.17, 15) is 4.79 Å². The molecule has 0 aliphatic rings. The van der Waals surface area contributed by atoms with E-state index in [4.69, 9.17) is 14.2 Å². The lowest BCUT2D eigenvalue weighted by molar-refractivity contribution is 0.102. The molecule has 1 amide bonds. The standard InChI is InChI=1S/C22H19N3O4S2/c1-27-17-6-3-14(4-7-17)18-12-31-22(24-18)25-21(26)15-5-8-19(20(9-15)28-2)29-10-16-11-30-13-23-16/h3-9,11-13H,10H2,1-2H3,(H,24,25,26). The monoisotopic (exact) mass is 453 g/mol. The second kappa shape index (κ2) is 9.59. The molecule has 158 valence electrons. The summed E-state index contributed by atoms with van der Waals surface area (Å²) >= 11 is 2.87. The van der Waals surface area contributed by atoms with Crippen LogP contribution in [0.15, 0.2) is 58.7 Å². The fourth-order valence-electron chi connectivity index (χ4n) is 2.78.